The van der Waals surface area contributed by atoms with Crippen molar-refractivity contribution in [2.45, 2.75) is 44.8 Å². The summed E-state index contributed by atoms with van der Waals surface area (Å²) in [5.74, 6) is -0.311. The number of rotatable bonds is 5. The van der Waals surface area contributed by atoms with Crippen LogP contribution in [0, 0.1) is 5.92 Å². The van der Waals surface area contributed by atoms with Gasteiger partial charge in [0.1, 0.15) is 4.75 Å². The van der Waals surface area contributed by atoms with E-state index < -0.39 is 14.9 Å². The molecular weight excluding hydrogens is 248 g/mol. The summed E-state index contributed by atoms with van der Waals surface area (Å²) >= 11 is 0. The molecule has 4 heteroatoms. The Labute approximate surface area is 110 Å². The predicted octanol–water partition coefficient (Wildman–Crippen LogP) is 3.51. The van der Waals surface area contributed by atoms with Crippen LogP contribution in [0.1, 0.15) is 40.0 Å². The van der Waals surface area contributed by atoms with Gasteiger partial charge in [0.05, 0.1) is 0 Å². The molecule has 0 bridgehead atoms. The lowest BCUT2D eigenvalue weighted by Crippen LogP contribution is -2.40. The van der Waals surface area contributed by atoms with E-state index in [1.54, 1.807) is 19.1 Å². The lowest BCUT2D eigenvalue weighted by molar-refractivity contribution is 0.435. The van der Waals surface area contributed by atoms with Crippen LogP contribution in [0.3, 0.4) is 0 Å². The molecule has 0 radical (unpaired) electrons. The van der Waals surface area contributed by atoms with Gasteiger partial charge in [0.15, 0.2) is 0 Å². The average molecular weight is 270 g/mol. The van der Waals surface area contributed by atoms with Crippen molar-refractivity contribution < 1.29 is 13.0 Å². The highest BCUT2D eigenvalue weighted by Gasteiger charge is 2.42. The van der Waals surface area contributed by atoms with E-state index in [0.717, 1.165) is 24.8 Å². The molecule has 0 aromatic rings. The van der Waals surface area contributed by atoms with Crippen molar-refractivity contribution in [3.05, 3.63) is 36.0 Å². The van der Waals surface area contributed by atoms with Crippen LogP contribution in [0.4, 0.5) is 0 Å². The summed E-state index contributed by atoms with van der Waals surface area (Å²) in [6.07, 6.45) is 12.2. The Morgan fingerprint density at radius 3 is 2.72 bits per heavy atom. The van der Waals surface area contributed by atoms with Crippen LogP contribution >= 0.6 is 0 Å². The second-order valence-corrected chi connectivity index (χ2v) is 6.83. The number of hydrogen-bond acceptors (Lipinski definition) is 2. The number of allylic oxidation sites excluding steroid dienone is 5. The lowest BCUT2D eigenvalue weighted by atomic mass is 9.86. The topological polar surface area (TPSA) is 54.4 Å². The van der Waals surface area contributed by atoms with Crippen LogP contribution in [0.2, 0.25) is 0 Å². The predicted molar refractivity (Wildman–Crippen MR) is 75.0 cm³/mol. The minimum Gasteiger partial charge on any atom is -0.285 e. The minimum atomic E-state index is -4.12. The van der Waals surface area contributed by atoms with Gasteiger partial charge in [-0.2, -0.15) is 8.42 Å². The van der Waals surface area contributed by atoms with Crippen molar-refractivity contribution in [2.24, 2.45) is 5.92 Å². The first kappa shape index (κ1) is 15.2. The molecule has 0 aromatic heterocycles. The third-order valence-electron chi connectivity index (χ3n) is 3.41. The fraction of sp³-hybridized carbons (Fsp3) is 0.571. The van der Waals surface area contributed by atoms with E-state index in [1.165, 1.54) is 0 Å². The first-order chi connectivity index (χ1) is 8.31. The SMILES string of the molecule is CCCCC=CC1C=C(C)C=CC1(C)S(=O)(=O)O. The molecule has 1 N–H and O–H groups in total. The molecule has 0 heterocycles. The van der Waals surface area contributed by atoms with E-state index in [-0.39, 0.29) is 5.92 Å². The Morgan fingerprint density at radius 1 is 1.50 bits per heavy atom. The van der Waals surface area contributed by atoms with Crippen LogP contribution in [-0.4, -0.2) is 17.7 Å². The van der Waals surface area contributed by atoms with Crippen molar-refractivity contribution in [3.8, 4) is 0 Å². The highest BCUT2D eigenvalue weighted by Crippen LogP contribution is 2.34. The summed E-state index contributed by atoms with van der Waals surface area (Å²) in [6.45, 7) is 5.59. The summed E-state index contributed by atoms with van der Waals surface area (Å²) < 4.78 is 31.3. The van der Waals surface area contributed by atoms with E-state index >= 15 is 0 Å². The van der Waals surface area contributed by atoms with Crippen LogP contribution in [0.25, 0.3) is 0 Å². The maximum atomic E-state index is 11.6. The summed E-state index contributed by atoms with van der Waals surface area (Å²) in [5.41, 5.74) is 1.02. The minimum absolute atomic E-state index is 0.311. The van der Waals surface area contributed by atoms with E-state index in [1.807, 2.05) is 25.2 Å². The van der Waals surface area contributed by atoms with Crippen molar-refractivity contribution in [1.29, 1.82) is 0 Å². The number of unbranched alkanes of at least 4 members (excludes halogenated alkanes) is 2. The third kappa shape index (κ3) is 3.33. The first-order valence-corrected chi connectivity index (χ1v) is 7.76. The lowest BCUT2D eigenvalue weighted by Gasteiger charge is -2.31. The molecule has 0 fully saturated rings. The third-order valence-corrected chi connectivity index (χ3v) is 4.92. The highest BCUT2D eigenvalue weighted by atomic mass is 32.2. The van der Waals surface area contributed by atoms with Crippen molar-refractivity contribution >= 4 is 10.1 Å². The van der Waals surface area contributed by atoms with Gasteiger partial charge in [-0.05, 0) is 20.3 Å². The molecule has 3 nitrogen and oxygen atoms in total. The van der Waals surface area contributed by atoms with Crippen LogP contribution in [-0.2, 0) is 10.1 Å². The summed E-state index contributed by atoms with van der Waals surface area (Å²) in [5, 5.41) is 0. The van der Waals surface area contributed by atoms with Crippen LogP contribution in [0.15, 0.2) is 36.0 Å². The van der Waals surface area contributed by atoms with E-state index in [4.69, 9.17) is 0 Å². The molecule has 2 atom stereocenters. The molecular formula is C14H22O3S. The average Bonchev–Trinajstić information content (AvgIpc) is 2.27. The molecule has 0 aromatic carbocycles. The molecule has 1 rings (SSSR count). The Morgan fingerprint density at radius 2 is 2.17 bits per heavy atom. The molecule has 1 aliphatic carbocycles. The van der Waals surface area contributed by atoms with E-state index in [0.29, 0.717) is 0 Å². The van der Waals surface area contributed by atoms with Crippen molar-refractivity contribution in [3.63, 3.8) is 0 Å². The van der Waals surface area contributed by atoms with E-state index in [2.05, 4.69) is 6.92 Å². The van der Waals surface area contributed by atoms with Gasteiger partial charge in [-0.3, -0.25) is 4.55 Å². The van der Waals surface area contributed by atoms with Gasteiger partial charge in [-0.25, -0.2) is 0 Å². The molecule has 18 heavy (non-hydrogen) atoms. The standard InChI is InChI=1S/C14H22O3S/c1-4-5-6-7-8-13-11-12(2)9-10-14(13,3)18(15,16)17/h7-11,13H,4-6H2,1-3H3,(H,15,16,17). The zero-order valence-corrected chi connectivity index (χ0v) is 12.1. The molecule has 1 aliphatic rings. The largest absolute Gasteiger partial charge is 0.285 e. The Kier molecular flexibility index (Phi) is 4.93. The summed E-state index contributed by atoms with van der Waals surface area (Å²) in [4.78, 5) is 0. The van der Waals surface area contributed by atoms with Crippen molar-refractivity contribution in [1.82, 2.24) is 0 Å². The van der Waals surface area contributed by atoms with Gasteiger partial charge in [0.25, 0.3) is 10.1 Å². The molecule has 102 valence electrons. The normalized spacial score (nSPS) is 28.7. The van der Waals surface area contributed by atoms with Gasteiger partial charge >= 0.3 is 0 Å². The maximum Gasteiger partial charge on any atom is 0.274 e. The smallest absolute Gasteiger partial charge is 0.274 e. The van der Waals surface area contributed by atoms with Gasteiger partial charge in [0, 0.05) is 5.92 Å². The molecule has 0 saturated carbocycles. The van der Waals surface area contributed by atoms with Gasteiger partial charge < -0.3 is 0 Å². The quantitative estimate of drug-likeness (QED) is 0.472. The fourth-order valence-corrected chi connectivity index (χ4v) is 2.71. The first-order valence-electron chi connectivity index (χ1n) is 6.32. The monoisotopic (exact) mass is 270 g/mol. The molecule has 0 amide bonds. The van der Waals surface area contributed by atoms with Crippen LogP contribution in [0.5, 0.6) is 0 Å². The van der Waals surface area contributed by atoms with Gasteiger partial charge in [0.2, 0.25) is 0 Å². The van der Waals surface area contributed by atoms with Crippen molar-refractivity contribution in [2.75, 3.05) is 0 Å². The molecule has 0 aliphatic heterocycles. The van der Waals surface area contributed by atoms with E-state index in [9.17, 15) is 13.0 Å². The Bertz CT molecular complexity index is 471. The fourth-order valence-electron chi connectivity index (χ4n) is 1.98. The van der Waals surface area contributed by atoms with Gasteiger partial charge in [-0.1, -0.05) is 55.7 Å². The Hall–Kier alpha value is -0.870. The van der Waals surface area contributed by atoms with Gasteiger partial charge in [-0.15, -0.1) is 0 Å². The van der Waals surface area contributed by atoms with Crippen LogP contribution < -0.4 is 0 Å². The molecule has 0 saturated heterocycles. The summed E-state index contributed by atoms with van der Waals surface area (Å²) in [7, 11) is -4.12. The number of hydrogen-bond donors (Lipinski definition) is 1. The maximum absolute atomic E-state index is 11.6. The second kappa shape index (κ2) is 5.85. The Balaban J connectivity index is 2.97. The zero-order valence-electron chi connectivity index (χ0n) is 11.3. The highest BCUT2D eigenvalue weighted by molar-refractivity contribution is 7.87. The molecule has 2 unspecified atom stereocenters. The zero-order chi connectivity index (χ0) is 13.8. The molecule has 0 spiro atoms. The second-order valence-electron chi connectivity index (χ2n) is 5.00. The summed E-state index contributed by atoms with van der Waals surface area (Å²) in [6, 6.07) is 0.